The zero-order valence-corrected chi connectivity index (χ0v) is 12.2. The molecule has 0 saturated carbocycles. The van der Waals surface area contributed by atoms with Gasteiger partial charge in [-0.3, -0.25) is 14.6 Å². The molecular formula is C14H17N5O3. The molecule has 8 heteroatoms. The summed E-state index contributed by atoms with van der Waals surface area (Å²) in [5.74, 6) is 0.672. The Bertz CT molecular complexity index is 775. The first-order valence-electron chi connectivity index (χ1n) is 7.17. The molecular weight excluding hydrogens is 286 g/mol. The van der Waals surface area contributed by atoms with Crippen LogP contribution in [0.2, 0.25) is 0 Å². The van der Waals surface area contributed by atoms with Gasteiger partial charge in [-0.1, -0.05) is 0 Å². The van der Waals surface area contributed by atoms with Crippen molar-refractivity contribution in [3.63, 3.8) is 0 Å². The minimum atomic E-state index is -0.675. The van der Waals surface area contributed by atoms with Crippen molar-refractivity contribution < 1.29 is 4.79 Å². The third kappa shape index (κ3) is 2.85. The number of nitrogens with one attached hydrogen (secondary N) is 3. The van der Waals surface area contributed by atoms with E-state index in [1.54, 1.807) is 11.1 Å². The van der Waals surface area contributed by atoms with Gasteiger partial charge in [-0.25, -0.2) is 9.78 Å². The Hall–Kier alpha value is -2.64. The lowest BCUT2D eigenvalue weighted by Gasteiger charge is -2.31. The van der Waals surface area contributed by atoms with Crippen LogP contribution in [0.15, 0.2) is 21.9 Å². The number of aromatic amines is 3. The van der Waals surface area contributed by atoms with Crippen LogP contribution < -0.4 is 11.2 Å². The fraction of sp³-hybridized carbons (Fsp3) is 0.429. The van der Waals surface area contributed by atoms with Crippen molar-refractivity contribution >= 4 is 5.91 Å². The van der Waals surface area contributed by atoms with Crippen LogP contribution in [0.3, 0.4) is 0 Å². The largest absolute Gasteiger partial charge is 0.346 e. The van der Waals surface area contributed by atoms with E-state index in [1.807, 2.05) is 6.92 Å². The van der Waals surface area contributed by atoms with Gasteiger partial charge in [0.25, 0.3) is 11.5 Å². The van der Waals surface area contributed by atoms with Crippen molar-refractivity contribution in [2.75, 3.05) is 13.1 Å². The second-order valence-electron chi connectivity index (χ2n) is 5.54. The summed E-state index contributed by atoms with van der Waals surface area (Å²) >= 11 is 0. The van der Waals surface area contributed by atoms with E-state index in [1.165, 1.54) is 0 Å². The predicted octanol–water partition coefficient (Wildman–Crippen LogP) is 0.115. The lowest BCUT2D eigenvalue weighted by molar-refractivity contribution is 0.0698. The summed E-state index contributed by atoms with van der Waals surface area (Å²) in [6.07, 6.45) is 3.57. The quantitative estimate of drug-likeness (QED) is 0.730. The Kier molecular flexibility index (Phi) is 3.66. The van der Waals surface area contributed by atoms with E-state index in [-0.39, 0.29) is 17.5 Å². The van der Waals surface area contributed by atoms with Crippen molar-refractivity contribution in [2.45, 2.75) is 25.7 Å². The second kappa shape index (κ2) is 5.63. The van der Waals surface area contributed by atoms with Gasteiger partial charge in [0.2, 0.25) is 0 Å². The first-order chi connectivity index (χ1) is 10.5. The number of imidazole rings is 1. The summed E-state index contributed by atoms with van der Waals surface area (Å²) < 4.78 is 0. The maximum atomic E-state index is 12.5. The summed E-state index contributed by atoms with van der Waals surface area (Å²) in [4.78, 5) is 48.7. The first kappa shape index (κ1) is 14.3. The second-order valence-corrected chi connectivity index (χ2v) is 5.54. The van der Waals surface area contributed by atoms with E-state index in [0.29, 0.717) is 13.1 Å². The maximum absolute atomic E-state index is 12.5. The zero-order valence-electron chi connectivity index (χ0n) is 12.2. The highest BCUT2D eigenvalue weighted by Crippen LogP contribution is 2.25. The van der Waals surface area contributed by atoms with Gasteiger partial charge in [-0.15, -0.1) is 0 Å². The number of hydrogen-bond donors (Lipinski definition) is 3. The number of likely N-dealkylation sites (tertiary alicyclic amines) is 1. The molecule has 2 aromatic heterocycles. The number of carbonyl (C=O) groups is 1. The van der Waals surface area contributed by atoms with Crippen LogP contribution in [0.4, 0.5) is 0 Å². The normalized spacial score (nSPS) is 18.4. The molecule has 0 aliphatic carbocycles. The third-order valence-electron chi connectivity index (χ3n) is 3.81. The number of hydrogen-bond acceptors (Lipinski definition) is 4. The molecule has 1 fully saturated rings. The number of H-pyrrole nitrogens is 3. The molecule has 1 aliphatic rings. The van der Waals surface area contributed by atoms with Crippen LogP contribution in [0.25, 0.3) is 0 Å². The van der Waals surface area contributed by atoms with E-state index >= 15 is 0 Å². The highest BCUT2D eigenvalue weighted by Gasteiger charge is 2.27. The molecule has 1 amide bonds. The summed E-state index contributed by atoms with van der Waals surface area (Å²) in [5, 5.41) is 0. The molecule has 3 rings (SSSR count). The molecule has 0 spiro atoms. The van der Waals surface area contributed by atoms with Crippen LogP contribution in [0.1, 0.15) is 40.8 Å². The highest BCUT2D eigenvalue weighted by molar-refractivity contribution is 5.92. The van der Waals surface area contributed by atoms with Gasteiger partial charge in [0.1, 0.15) is 11.5 Å². The summed E-state index contributed by atoms with van der Waals surface area (Å²) in [5.41, 5.74) is -0.254. The van der Waals surface area contributed by atoms with E-state index < -0.39 is 11.2 Å². The minimum Gasteiger partial charge on any atom is -0.346 e. The smallest absolute Gasteiger partial charge is 0.326 e. The molecule has 0 aromatic carbocycles. The molecule has 2 aromatic rings. The topological polar surface area (TPSA) is 115 Å². The highest BCUT2D eigenvalue weighted by atomic mass is 16.2. The Morgan fingerprint density at radius 1 is 1.32 bits per heavy atom. The summed E-state index contributed by atoms with van der Waals surface area (Å²) in [6, 6.07) is 1.12. The van der Waals surface area contributed by atoms with Crippen molar-refractivity contribution in [1.82, 2.24) is 24.8 Å². The minimum absolute atomic E-state index is 0.0185. The van der Waals surface area contributed by atoms with Crippen LogP contribution in [0.5, 0.6) is 0 Å². The summed E-state index contributed by atoms with van der Waals surface area (Å²) in [6.45, 7) is 3.05. The van der Waals surface area contributed by atoms with Gasteiger partial charge < -0.3 is 14.9 Å². The lowest BCUT2D eigenvalue weighted by Crippen LogP contribution is -2.41. The predicted molar refractivity (Wildman–Crippen MR) is 78.9 cm³/mol. The Balaban J connectivity index is 1.80. The Labute approximate surface area is 125 Å². The monoisotopic (exact) mass is 303 g/mol. The number of piperidine rings is 1. The number of aryl methyl sites for hydroxylation is 1. The van der Waals surface area contributed by atoms with Crippen LogP contribution in [0, 0.1) is 6.92 Å². The van der Waals surface area contributed by atoms with Crippen molar-refractivity contribution in [3.8, 4) is 0 Å². The Morgan fingerprint density at radius 3 is 2.82 bits per heavy atom. The molecule has 0 bridgehead atoms. The van der Waals surface area contributed by atoms with Crippen LogP contribution >= 0.6 is 0 Å². The number of amides is 1. The maximum Gasteiger partial charge on any atom is 0.326 e. The first-order valence-corrected chi connectivity index (χ1v) is 7.17. The van der Waals surface area contributed by atoms with E-state index in [0.717, 1.165) is 30.4 Å². The van der Waals surface area contributed by atoms with Crippen molar-refractivity contribution in [3.05, 3.63) is 50.3 Å². The van der Waals surface area contributed by atoms with Gasteiger partial charge in [0, 0.05) is 37.0 Å². The summed E-state index contributed by atoms with van der Waals surface area (Å²) in [7, 11) is 0. The Morgan fingerprint density at radius 2 is 2.14 bits per heavy atom. The molecule has 1 aliphatic heterocycles. The molecule has 3 heterocycles. The molecule has 116 valence electrons. The van der Waals surface area contributed by atoms with Gasteiger partial charge in [0.05, 0.1) is 0 Å². The van der Waals surface area contributed by atoms with Gasteiger partial charge in [-0.2, -0.15) is 0 Å². The number of rotatable bonds is 2. The SMILES string of the molecule is Cc1cnc([C@H]2CCCN(C(=O)c3cc(=O)[nH]c(=O)[nH]3)C2)[nH]1. The molecule has 1 atom stereocenters. The van der Waals surface area contributed by atoms with E-state index in [2.05, 4.69) is 19.9 Å². The fourth-order valence-corrected chi connectivity index (χ4v) is 2.78. The average Bonchev–Trinajstić information content (AvgIpc) is 2.92. The number of nitrogens with zero attached hydrogens (tertiary/aromatic N) is 2. The van der Waals surface area contributed by atoms with Crippen molar-refractivity contribution in [1.29, 1.82) is 0 Å². The molecule has 0 unspecified atom stereocenters. The third-order valence-corrected chi connectivity index (χ3v) is 3.81. The number of aromatic nitrogens is 4. The zero-order chi connectivity index (χ0) is 15.7. The van der Waals surface area contributed by atoms with Gasteiger partial charge >= 0.3 is 5.69 Å². The van der Waals surface area contributed by atoms with Gasteiger partial charge in [0.15, 0.2) is 0 Å². The van der Waals surface area contributed by atoms with Crippen LogP contribution in [-0.2, 0) is 0 Å². The fourth-order valence-electron chi connectivity index (χ4n) is 2.78. The molecule has 22 heavy (non-hydrogen) atoms. The van der Waals surface area contributed by atoms with E-state index in [9.17, 15) is 14.4 Å². The number of carbonyl (C=O) groups excluding carboxylic acids is 1. The molecule has 0 radical (unpaired) electrons. The standard InChI is InChI=1S/C14H17N5O3/c1-8-6-15-12(16-8)9-3-2-4-19(7-9)13(21)10-5-11(20)18-14(22)17-10/h5-6,9H,2-4,7H2,1H3,(H,15,16)(H2,17,18,20,22)/t9-/m0/s1. The molecule has 3 N–H and O–H groups in total. The average molecular weight is 303 g/mol. The van der Waals surface area contributed by atoms with Crippen LogP contribution in [-0.4, -0.2) is 43.8 Å². The molecule has 8 nitrogen and oxygen atoms in total. The molecule has 1 saturated heterocycles. The van der Waals surface area contributed by atoms with Crippen molar-refractivity contribution in [2.24, 2.45) is 0 Å². The van der Waals surface area contributed by atoms with Gasteiger partial charge in [-0.05, 0) is 19.8 Å². The van der Waals surface area contributed by atoms with E-state index in [4.69, 9.17) is 0 Å². The lowest BCUT2D eigenvalue weighted by atomic mass is 9.97.